The summed E-state index contributed by atoms with van der Waals surface area (Å²) in [4.78, 5) is 14.8. The minimum absolute atomic E-state index is 0.00379. The lowest BCUT2D eigenvalue weighted by Crippen LogP contribution is -2.52. The van der Waals surface area contributed by atoms with Gasteiger partial charge in [-0.1, -0.05) is 42.5 Å². The molecule has 0 aromatic heterocycles. The van der Waals surface area contributed by atoms with E-state index in [1.807, 2.05) is 36.4 Å². The van der Waals surface area contributed by atoms with Gasteiger partial charge < -0.3 is 0 Å². The van der Waals surface area contributed by atoms with Crippen LogP contribution in [0.2, 0.25) is 0 Å². The van der Waals surface area contributed by atoms with E-state index in [0.29, 0.717) is 13.0 Å². The third kappa shape index (κ3) is 1.59. The zero-order chi connectivity index (χ0) is 14.2. The van der Waals surface area contributed by atoms with Crippen LogP contribution in [-0.4, -0.2) is 23.3 Å². The van der Waals surface area contributed by atoms with Gasteiger partial charge in [-0.15, -0.1) is 6.58 Å². The molecule has 0 aliphatic carbocycles. The molecule has 3 atom stereocenters. The van der Waals surface area contributed by atoms with Crippen LogP contribution in [0.4, 0.5) is 0 Å². The number of nitriles is 1. The molecule has 1 saturated heterocycles. The molecule has 1 fully saturated rings. The largest absolute Gasteiger partial charge is 0.292 e. The summed E-state index contributed by atoms with van der Waals surface area (Å²) in [5.74, 6) is -0.0857. The minimum atomic E-state index is -0.699. The van der Waals surface area contributed by atoms with E-state index in [1.54, 1.807) is 12.2 Å². The predicted molar refractivity (Wildman–Crippen MR) is 76.7 cm³/mol. The number of ketones is 1. The van der Waals surface area contributed by atoms with Crippen molar-refractivity contribution < 1.29 is 4.79 Å². The Balaban J connectivity index is 2.18. The Kier molecular flexibility index (Phi) is 3.04. The number of carbonyl (C=O) groups excluding carboxylic acids is 1. The molecular weight excluding hydrogens is 248 g/mol. The van der Waals surface area contributed by atoms with Gasteiger partial charge in [-0.3, -0.25) is 9.69 Å². The van der Waals surface area contributed by atoms with Crippen molar-refractivity contribution in [2.45, 2.75) is 18.0 Å². The van der Waals surface area contributed by atoms with Crippen LogP contribution >= 0.6 is 0 Å². The summed E-state index contributed by atoms with van der Waals surface area (Å²) in [6, 6.07) is 12.1. The van der Waals surface area contributed by atoms with Gasteiger partial charge in [-0.05, 0) is 18.1 Å². The number of nitrogens with zero attached hydrogens (tertiary/aromatic N) is 2. The molecule has 0 spiro atoms. The van der Waals surface area contributed by atoms with E-state index in [9.17, 15) is 10.1 Å². The lowest BCUT2D eigenvalue weighted by molar-refractivity contribution is -0.126. The number of rotatable bonds is 3. The standard InChI is InChI=1S/C17H16N2O/c1-2-10-19-15-8-9-16(20)17(19,11-13(15)12-18)14-6-4-3-5-7-14/h2-9,13,15H,1,10-11H2/t13?,15-,17+/m0/s1. The van der Waals surface area contributed by atoms with E-state index in [-0.39, 0.29) is 17.7 Å². The fourth-order valence-corrected chi connectivity index (χ4v) is 3.51. The zero-order valence-corrected chi connectivity index (χ0v) is 11.2. The molecule has 1 unspecified atom stereocenters. The summed E-state index contributed by atoms with van der Waals surface area (Å²) in [7, 11) is 0. The molecule has 3 nitrogen and oxygen atoms in total. The Bertz CT molecular complexity index is 614. The fourth-order valence-electron chi connectivity index (χ4n) is 3.51. The molecule has 0 amide bonds. The van der Waals surface area contributed by atoms with E-state index in [4.69, 9.17) is 0 Å². The van der Waals surface area contributed by atoms with Crippen molar-refractivity contribution in [1.29, 1.82) is 5.26 Å². The summed E-state index contributed by atoms with van der Waals surface area (Å²) >= 11 is 0. The van der Waals surface area contributed by atoms with Crippen LogP contribution in [0.15, 0.2) is 55.1 Å². The highest BCUT2D eigenvalue weighted by atomic mass is 16.1. The summed E-state index contributed by atoms with van der Waals surface area (Å²) in [6.45, 7) is 4.40. The molecule has 2 aliphatic rings. The van der Waals surface area contributed by atoms with Gasteiger partial charge in [-0.25, -0.2) is 0 Å². The van der Waals surface area contributed by atoms with Crippen molar-refractivity contribution in [3.05, 3.63) is 60.7 Å². The first-order valence-corrected chi connectivity index (χ1v) is 6.79. The number of benzene rings is 1. The van der Waals surface area contributed by atoms with Gasteiger partial charge in [-0.2, -0.15) is 5.26 Å². The topological polar surface area (TPSA) is 44.1 Å². The average molecular weight is 264 g/mol. The lowest BCUT2D eigenvalue weighted by Gasteiger charge is -2.40. The van der Waals surface area contributed by atoms with Crippen LogP contribution in [0.5, 0.6) is 0 Å². The van der Waals surface area contributed by atoms with Crippen LogP contribution in [0.25, 0.3) is 0 Å². The average Bonchev–Trinajstić information content (AvgIpc) is 2.72. The van der Waals surface area contributed by atoms with Crippen molar-refractivity contribution in [2.24, 2.45) is 5.92 Å². The maximum atomic E-state index is 12.6. The first-order chi connectivity index (χ1) is 9.74. The first-order valence-electron chi connectivity index (χ1n) is 6.79. The van der Waals surface area contributed by atoms with E-state index < -0.39 is 5.54 Å². The molecule has 2 heterocycles. The van der Waals surface area contributed by atoms with Crippen LogP contribution in [0.1, 0.15) is 12.0 Å². The highest BCUT2D eigenvalue weighted by molar-refractivity contribution is 6.00. The summed E-state index contributed by atoms with van der Waals surface area (Å²) < 4.78 is 0. The van der Waals surface area contributed by atoms with Gasteiger partial charge >= 0.3 is 0 Å². The second kappa shape index (κ2) is 4.73. The number of hydrogen-bond donors (Lipinski definition) is 0. The monoisotopic (exact) mass is 264 g/mol. The molecule has 3 rings (SSSR count). The highest BCUT2D eigenvalue weighted by Gasteiger charge is 2.57. The van der Waals surface area contributed by atoms with Crippen LogP contribution < -0.4 is 0 Å². The highest BCUT2D eigenvalue weighted by Crippen LogP contribution is 2.48. The summed E-state index contributed by atoms with van der Waals surface area (Å²) in [6.07, 6.45) is 5.87. The molecule has 1 aromatic carbocycles. The third-order valence-corrected chi connectivity index (χ3v) is 4.37. The van der Waals surface area contributed by atoms with Gasteiger partial charge in [0.2, 0.25) is 0 Å². The van der Waals surface area contributed by atoms with Gasteiger partial charge in [0.15, 0.2) is 5.78 Å². The molecule has 0 saturated carbocycles. The first kappa shape index (κ1) is 12.8. The molecule has 2 bridgehead atoms. The Morgan fingerprint density at radius 3 is 2.85 bits per heavy atom. The van der Waals surface area contributed by atoms with E-state index >= 15 is 0 Å². The van der Waals surface area contributed by atoms with Crippen molar-refractivity contribution in [1.82, 2.24) is 4.90 Å². The van der Waals surface area contributed by atoms with Gasteiger partial charge in [0.1, 0.15) is 5.54 Å². The lowest BCUT2D eigenvalue weighted by atomic mass is 9.81. The molecule has 0 radical (unpaired) electrons. The van der Waals surface area contributed by atoms with E-state index in [1.165, 1.54) is 0 Å². The van der Waals surface area contributed by atoms with Crippen LogP contribution in [0, 0.1) is 17.2 Å². The maximum absolute atomic E-state index is 12.6. The Labute approximate surface area is 118 Å². The van der Waals surface area contributed by atoms with Crippen LogP contribution in [0.3, 0.4) is 0 Å². The van der Waals surface area contributed by atoms with E-state index in [2.05, 4.69) is 17.5 Å². The number of hydrogen-bond acceptors (Lipinski definition) is 3. The number of carbonyl (C=O) groups is 1. The quantitative estimate of drug-likeness (QED) is 0.787. The van der Waals surface area contributed by atoms with Crippen molar-refractivity contribution >= 4 is 5.78 Å². The molecule has 100 valence electrons. The van der Waals surface area contributed by atoms with E-state index in [0.717, 1.165) is 5.56 Å². The summed E-state index contributed by atoms with van der Waals surface area (Å²) in [5, 5.41) is 9.40. The van der Waals surface area contributed by atoms with Gasteiger partial charge in [0.05, 0.1) is 12.0 Å². The number of fused-ring (bicyclic) bond motifs is 2. The Morgan fingerprint density at radius 2 is 2.20 bits per heavy atom. The smallest absolute Gasteiger partial charge is 0.180 e. The maximum Gasteiger partial charge on any atom is 0.180 e. The normalized spacial score (nSPS) is 32.0. The van der Waals surface area contributed by atoms with Gasteiger partial charge in [0.25, 0.3) is 0 Å². The Morgan fingerprint density at radius 1 is 1.45 bits per heavy atom. The molecule has 3 heteroatoms. The predicted octanol–water partition coefficient (Wildman–Crippen LogP) is 2.42. The molecule has 0 N–H and O–H groups in total. The van der Waals surface area contributed by atoms with Crippen molar-refractivity contribution in [2.75, 3.05) is 6.54 Å². The summed E-state index contributed by atoms with van der Waals surface area (Å²) in [5.41, 5.74) is 0.272. The fraction of sp³-hybridized carbons (Fsp3) is 0.294. The minimum Gasteiger partial charge on any atom is -0.292 e. The second-order valence-corrected chi connectivity index (χ2v) is 5.32. The zero-order valence-electron chi connectivity index (χ0n) is 11.2. The SMILES string of the molecule is C=CCN1[C@H]2C=CC(=O)[C@]1(c1ccccc1)CC2C#N. The molecular formula is C17H16N2O. The second-order valence-electron chi connectivity index (χ2n) is 5.32. The van der Waals surface area contributed by atoms with Crippen molar-refractivity contribution in [3.63, 3.8) is 0 Å². The van der Waals surface area contributed by atoms with Crippen molar-refractivity contribution in [3.8, 4) is 6.07 Å². The molecule has 1 aromatic rings. The molecule has 2 aliphatic heterocycles. The third-order valence-electron chi connectivity index (χ3n) is 4.37. The molecule has 20 heavy (non-hydrogen) atoms. The van der Waals surface area contributed by atoms with Crippen LogP contribution in [-0.2, 0) is 10.3 Å². The Hall–Kier alpha value is -2.18. The van der Waals surface area contributed by atoms with Gasteiger partial charge in [0, 0.05) is 12.6 Å².